The quantitative estimate of drug-likeness (QED) is 0.216. The number of benzene rings is 6. The minimum atomic E-state index is 0.176. The maximum atomic E-state index is 10.9. The summed E-state index contributed by atoms with van der Waals surface area (Å²) in [6.45, 7) is 0.909. The maximum absolute atomic E-state index is 10.9. The van der Waals surface area contributed by atoms with Gasteiger partial charge in [0.1, 0.15) is 36.2 Å². The van der Waals surface area contributed by atoms with Crippen LogP contribution in [0.3, 0.4) is 0 Å². The number of rotatable bonds is 8. The Labute approximate surface area is 227 Å². The molecule has 0 spiro atoms. The highest BCUT2D eigenvalue weighted by atomic mass is 16.5. The van der Waals surface area contributed by atoms with Crippen LogP contribution in [-0.2, 0) is 19.6 Å². The summed E-state index contributed by atoms with van der Waals surface area (Å²) in [4.78, 5) is 0. The maximum Gasteiger partial charge on any atom is 0.120 e. The van der Waals surface area contributed by atoms with E-state index in [9.17, 15) is 10.2 Å². The van der Waals surface area contributed by atoms with E-state index in [1.54, 1.807) is 12.1 Å². The van der Waals surface area contributed by atoms with Gasteiger partial charge < -0.3 is 19.7 Å². The van der Waals surface area contributed by atoms with Crippen molar-refractivity contribution in [3.8, 4) is 23.0 Å². The lowest BCUT2D eigenvalue weighted by Crippen LogP contribution is -1.98. The third-order valence-electron chi connectivity index (χ3n) is 7.01. The molecule has 0 saturated carbocycles. The fraction of sp³-hybridized carbons (Fsp3) is 0.0857. The zero-order valence-electron chi connectivity index (χ0n) is 21.4. The Kier molecular flexibility index (Phi) is 6.75. The standard InChI is InChI=1S/C35H28O4/c36-34-17-13-26-11-15-28(38-22-24-7-3-1-4-8-24)19-30(26)32(34)21-33-31-20-29(16-12-27(31)14-18-35(33)37)39-23-25-9-5-2-6-10-25/h1-20,36-37H,21-23H2. The highest BCUT2D eigenvalue weighted by molar-refractivity contribution is 5.92. The van der Waals surface area contributed by atoms with Crippen molar-refractivity contribution >= 4 is 21.5 Å². The minimum absolute atomic E-state index is 0.176. The SMILES string of the molecule is Oc1ccc2ccc(OCc3ccccc3)cc2c1Cc1c(O)ccc2ccc(OCc3ccccc3)cc12. The molecule has 192 valence electrons. The van der Waals surface area contributed by atoms with Crippen molar-refractivity contribution in [3.63, 3.8) is 0 Å². The van der Waals surface area contributed by atoms with Crippen LogP contribution in [-0.4, -0.2) is 10.2 Å². The first kappa shape index (κ1) is 24.4. The first-order valence-electron chi connectivity index (χ1n) is 13.0. The average molecular weight is 513 g/mol. The van der Waals surface area contributed by atoms with Crippen molar-refractivity contribution in [3.05, 3.63) is 144 Å². The molecule has 0 heterocycles. The molecule has 0 aliphatic rings. The van der Waals surface area contributed by atoms with Crippen LogP contribution < -0.4 is 9.47 Å². The van der Waals surface area contributed by atoms with E-state index >= 15 is 0 Å². The van der Waals surface area contributed by atoms with Gasteiger partial charge in [-0.2, -0.15) is 0 Å². The van der Waals surface area contributed by atoms with Crippen molar-refractivity contribution in [2.45, 2.75) is 19.6 Å². The van der Waals surface area contributed by atoms with E-state index in [4.69, 9.17) is 9.47 Å². The van der Waals surface area contributed by atoms with Crippen molar-refractivity contribution in [1.82, 2.24) is 0 Å². The van der Waals surface area contributed by atoms with E-state index in [2.05, 4.69) is 0 Å². The molecule has 6 rings (SSSR count). The summed E-state index contributed by atoms with van der Waals surface area (Å²) in [5.74, 6) is 1.79. The van der Waals surface area contributed by atoms with Gasteiger partial charge in [-0.25, -0.2) is 0 Å². The summed E-state index contributed by atoms with van der Waals surface area (Å²) >= 11 is 0. The van der Waals surface area contributed by atoms with E-state index in [0.717, 1.165) is 55.3 Å². The number of aromatic hydroxyl groups is 2. The number of phenols is 2. The molecule has 39 heavy (non-hydrogen) atoms. The molecular weight excluding hydrogens is 484 g/mol. The first-order chi connectivity index (χ1) is 19.1. The van der Waals surface area contributed by atoms with Crippen molar-refractivity contribution in [2.24, 2.45) is 0 Å². The van der Waals surface area contributed by atoms with Gasteiger partial charge in [0.2, 0.25) is 0 Å². The summed E-state index contributed by atoms with van der Waals surface area (Å²) < 4.78 is 12.1. The molecule has 0 bridgehead atoms. The first-order valence-corrected chi connectivity index (χ1v) is 13.0. The molecule has 0 aliphatic heterocycles. The van der Waals surface area contributed by atoms with Crippen LogP contribution in [0, 0.1) is 0 Å². The van der Waals surface area contributed by atoms with Crippen LogP contribution in [0.25, 0.3) is 21.5 Å². The lowest BCUT2D eigenvalue weighted by Gasteiger charge is -2.15. The largest absolute Gasteiger partial charge is 0.508 e. The van der Waals surface area contributed by atoms with Crippen molar-refractivity contribution in [2.75, 3.05) is 0 Å². The van der Waals surface area contributed by atoms with Crippen molar-refractivity contribution in [1.29, 1.82) is 0 Å². The monoisotopic (exact) mass is 512 g/mol. The number of hydrogen-bond acceptors (Lipinski definition) is 4. The van der Waals surface area contributed by atoms with Crippen LogP contribution in [0.2, 0.25) is 0 Å². The highest BCUT2D eigenvalue weighted by Crippen LogP contribution is 2.37. The molecule has 0 aliphatic carbocycles. The molecule has 0 radical (unpaired) electrons. The molecule has 2 N–H and O–H groups in total. The predicted octanol–water partition coefficient (Wildman–Crippen LogP) is 8.15. The van der Waals surface area contributed by atoms with Crippen LogP contribution in [0.15, 0.2) is 121 Å². The van der Waals surface area contributed by atoms with Gasteiger partial charge in [0.15, 0.2) is 0 Å². The Morgan fingerprint density at radius 2 is 0.872 bits per heavy atom. The van der Waals surface area contributed by atoms with Gasteiger partial charge in [-0.05, 0) is 69.1 Å². The number of fused-ring (bicyclic) bond motifs is 2. The molecule has 0 saturated heterocycles. The van der Waals surface area contributed by atoms with Gasteiger partial charge in [-0.1, -0.05) is 84.9 Å². The van der Waals surface area contributed by atoms with Gasteiger partial charge in [0.05, 0.1) is 0 Å². The summed E-state index contributed by atoms with van der Waals surface area (Å²) in [6, 6.07) is 39.0. The summed E-state index contributed by atoms with van der Waals surface area (Å²) in [5, 5.41) is 25.6. The topological polar surface area (TPSA) is 58.9 Å². The molecular formula is C35H28O4. The minimum Gasteiger partial charge on any atom is -0.508 e. The summed E-state index contributed by atoms with van der Waals surface area (Å²) in [5.41, 5.74) is 3.63. The van der Waals surface area contributed by atoms with Crippen molar-refractivity contribution < 1.29 is 19.7 Å². The summed E-state index contributed by atoms with van der Waals surface area (Å²) in [6.07, 6.45) is 0.344. The van der Waals surface area contributed by atoms with Crippen LogP contribution >= 0.6 is 0 Å². The van der Waals surface area contributed by atoms with E-state index in [-0.39, 0.29) is 11.5 Å². The van der Waals surface area contributed by atoms with Gasteiger partial charge in [-0.3, -0.25) is 0 Å². The molecule has 0 aromatic heterocycles. The van der Waals surface area contributed by atoms with E-state index < -0.39 is 0 Å². The zero-order valence-corrected chi connectivity index (χ0v) is 21.4. The second-order valence-corrected chi connectivity index (χ2v) is 9.62. The lowest BCUT2D eigenvalue weighted by atomic mass is 9.93. The Morgan fingerprint density at radius 3 is 1.31 bits per heavy atom. The zero-order chi connectivity index (χ0) is 26.6. The molecule has 6 aromatic carbocycles. The lowest BCUT2D eigenvalue weighted by molar-refractivity contribution is 0.306. The van der Waals surface area contributed by atoms with E-state index in [1.807, 2.05) is 109 Å². The third kappa shape index (κ3) is 5.36. The number of ether oxygens (including phenoxy) is 2. The predicted molar refractivity (Wildman–Crippen MR) is 156 cm³/mol. The smallest absolute Gasteiger partial charge is 0.120 e. The van der Waals surface area contributed by atoms with Crippen LogP contribution in [0.5, 0.6) is 23.0 Å². The molecule has 0 atom stereocenters. The average Bonchev–Trinajstić information content (AvgIpc) is 2.98. The number of hydrogen-bond donors (Lipinski definition) is 2. The Hall–Kier alpha value is -4.96. The molecule has 6 aromatic rings. The second-order valence-electron chi connectivity index (χ2n) is 9.62. The van der Waals surface area contributed by atoms with Gasteiger partial charge >= 0.3 is 0 Å². The second kappa shape index (κ2) is 10.8. The summed E-state index contributed by atoms with van der Waals surface area (Å²) in [7, 11) is 0. The molecule has 0 amide bonds. The number of phenolic OH excluding ortho intramolecular Hbond substituents is 2. The highest BCUT2D eigenvalue weighted by Gasteiger charge is 2.15. The Morgan fingerprint density at radius 1 is 0.462 bits per heavy atom. The fourth-order valence-electron chi connectivity index (χ4n) is 4.91. The Bertz CT molecular complexity index is 1610. The Balaban J connectivity index is 1.34. The fourth-order valence-corrected chi connectivity index (χ4v) is 4.91. The van der Waals surface area contributed by atoms with Crippen LogP contribution in [0.4, 0.5) is 0 Å². The van der Waals surface area contributed by atoms with E-state index in [1.165, 1.54) is 0 Å². The normalized spacial score (nSPS) is 11.1. The van der Waals surface area contributed by atoms with Crippen LogP contribution in [0.1, 0.15) is 22.3 Å². The molecule has 4 heteroatoms. The molecule has 0 fully saturated rings. The molecule has 0 unspecified atom stereocenters. The van der Waals surface area contributed by atoms with Gasteiger partial charge in [0.25, 0.3) is 0 Å². The molecule has 4 nitrogen and oxygen atoms in total. The van der Waals surface area contributed by atoms with E-state index in [0.29, 0.717) is 19.6 Å². The van der Waals surface area contributed by atoms with Gasteiger partial charge in [-0.15, -0.1) is 0 Å². The van der Waals surface area contributed by atoms with Gasteiger partial charge in [0, 0.05) is 17.5 Å². The third-order valence-corrected chi connectivity index (χ3v) is 7.01.